The summed E-state index contributed by atoms with van der Waals surface area (Å²) >= 11 is 0. The maximum absolute atomic E-state index is 12.2. The fraction of sp³-hybridized carbons (Fsp3) is 0.545. The lowest BCUT2D eigenvalue weighted by Crippen LogP contribution is -2.37. The molecule has 0 amide bonds. The van der Waals surface area contributed by atoms with Gasteiger partial charge in [-0.2, -0.15) is 0 Å². The lowest BCUT2D eigenvalue weighted by molar-refractivity contribution is -0.166. The summed E-state index contributed by atoms with van der Waals surface area (Å²) in [7, 11) is 0. The topological polar surface area (TPSA) is 131 Å². The van der Waals surface area contributed by atoms with E-state index < -0.39 is 35.5 Å². The van der Waals surface area contributed by atoms with Gasteiger partial charge in [-0.15, -0.1) is 0 Å². The maximum atomic E-state index is 12.2. The van der Waals surface area contributed by atoms with E-state index in [4.69, 9.17) is 24.7 Å². The summed E-state index contributed by atoms with van der Waals surface area (Å²) in [4.78, 5) is 46.8. The summed E-state index contributed by atoms with van der Waals surface area (Å²) in [6.45, 7) is 9.38. The molecule has 0 bridgehead atoms. The second-order valence-corrected chi connectivity index (χ2v) is 7.86. The molecule has 0 radical (unpaired) electrons. The van der Waals surface area contributed by atoms with Crippen LogP contribution in [-0.2, 0) is 35.1 Å². The van der Waals surface area contributed by atoms with Crippen molar-refractivity contribution < 1.29 is 38.1 Å². The van der Waals surface area contributed by atoms with Gasteiger partial charge >= 0.3 is 23.9 Å². The van der Waals surface area contributed by atoms with Crippen molar-refractivity contribution in [2.75, 3.05) is 6.61 Å². The molecule has 0 aliphatic rings. The van der Waals surface area contributed by atoms with Gasteiger partial charge in [0.15, 0.2) is 11.5 Å². The van der Waals surface area contributed by atoms with E-state index in [2.05, 4.69) is 0 Å². The summed E-state index contributed by atoms with van der Waals surface area (Å²) in [6, 6.07) is 3.50. The van der Waals surface area contributed by atoms with E-state index in [-0.39, 0.29) is 30.5 Å². The lowest BCUT2D eigenvalue weighted by atomic mass is 9.91. The van der Waals surface area contributed by atoms with Crippen molar-refractivity contribution in [2.45, 2.75) is 66.5 Å². The third-order valence-electron chi connectivity index (χ3n) is 4.48. The third kappa shape index (κ3) is 8.75. The van der Waals surface area contributed by atoms with E-state index in [1.54, 1.807) is 26.8 Å². The number of hydrogen-bond acceptors (Lipinski definition) is 9. The molecule has 1 aromatic carbocycles. The molecule has 0 spiro atoms. The number of nitrogens with two attached hydrogens (primary N) is 1. The Morgan fingerprint density at radius 1 is 1.03 bits per heavy atom. The van der Waals surface area contributed by atoms with Crippen molar-refractivity contribution >= 4 is 23.9 Å². The summed E-state index contributed by atoms with van der Waals surface area (Å²) < 4.78 is 20.5. The van der Waals surface area contributed by atoms with Gasteiger partial charge in [0.1, 0.15) is 18.8 Å². The van der Waals surface area contributed by atoms with Crippen molar-refractivity contribution in [3.63, 3.8) is 0 Å². The van der Waals surface area contributed by atoms with Gasteiger partial charge in [0.25, 0.3) is 0 Å². The smallest absolute Gasteiger partial charge is 0.323 e. The van der Waals surface area contributed by atoms with Crippen molar-refractivity contribution in [1.29, 1.82) is 0 Å². The predicted octanol–water partition coefficient (Wildman–Crippen LogP) is 2.32. The van der Waals surface area contributed by atoms with Crippen LogP contribution in [0.4, 0.5) is 0 Å². The fourth-order valence-corrected chi connectivity index (χ4v) is 2.32. The number of ether oxygens (including phenoxy) is 4. The average Bonchev–Trinajstić information content (AvgIpc) is 2.67. The van der Waals surface area contributed by atoms with Gasteiger partial charge in [-0.25, -0.2) is 0 Å². The molecule has 0 aromatic heterocycles. The number of rotatable bonds is 10. The van der Waals surface area contributed by atoms with Crippen molar-refractivity contribution in [1.82, 2.24) is 0 Å². The first-order chi connectivity index (χ1) is 14.4. The van der Waals surface area contributed by atoms with Gasteiger partial charge in [-0.3, -0.25) is 19.2 Å². The molecule has 9 nitrogen and oxygen atoms in total. The van der Waals surface area contributed by atoms with Crippen molar-refractivity contribution in [3.05, 3.63) is 23.8 Å². The Balaban J connectivity index is 2.70. The van der Waals surface area contributed by atoms with Gasteiger partial charge in [-0.05, 0) is 51.3 Å². The second-order valence-electron chi connectivity index (χ2n) is 7.86. The van der Waals surface area contributed by atoms with Crippen molar-refractivity contribution in [2.24, 2.45) is 11.1 Å². The number of carbonyl (C=O) groups is 4. The van der Waals surface area contributed by atoms with Crippen LogP contribution < -0.4 is 15.2 Å². The second kappa shape index (κ2) is 11.5. The van der Waals surface area contributed by atoms with Crippen LogP contribution in [0.2, 0.25) is 0 Å². The molecule has 0 saturated heterocycles. The molecule has 0 heterocycles. The normalized spacial score (nSPS) is 13.0. The highest BCUT2D eigenvalue weighted by molar-refractivity contribution is 5.77. The van der Waals surface area contributed by atoms with E-state index in [1.165, 1.54) is 26.0 Å². The molecule has 31 heavy (non-hydrogen) atoms. The van der Waals surface area contributed by atoms with Crippen LogP contribution in [0.1, 0.15) is 53.5 Å². The molecule has 0 aliphatic carbocycles. The summed E-state index contributed by atoms with van der Waals surface area (Å²) in [5.41, 5.74) is 5.87. The molecule has 2 atom stereocenters. The first-order valence-corrected chi connectivity index (χ1v) is 9.98. The molecule has 0 aliphatic heterocycles. The highest BCUT2D eigenvalue weighted by Gasteiger charge is 2.29. The van der Waals surface area contributed by atoms with Crippen molar-refractivity contribution in [3.8, 4) is 11.5 Å². The quantitative estimate of drug-likeness (QED) is 0.432. The Morgan fingerprint density at radius 2 is 1.61 bits per heavy atom. The minimum absolute atomic E-state index is 0.0415. The Morgan fingerprint density at radius 3 is 2.16 bits per heavy atom. The van der Waals surface area contributed by atoms with E-state index in [0.29, 0.717) is 12.0 Å². The van der Waals surface area contributed by atoms with Gasteiger partial charge in [-0.1, -0.05) is 13.0 Å². The Bertz CT molecular complexity index is 818. The van der Waals surface area contributed by atoms with Crippen LogP contribution in [0.25, 0.3) is 0 Å². The summed E-state index contributed by atoms with van der Waals surface area (Å²) in [6.07, 6.45) is 0.0901. The largest absolute Gasteiger partial charge is 0.461 e. The first-order valence-electron chi connectivity index (χ1n) is 9.98. The van der Waals surface area contributed by atoms with E-state index >= 15 is 0 Å². The zero-order chi connectivity index (χ0) is 23.8. The Labute approximate surface area is 182 Å². The van der Waals surface area contributed by atoms with Crippen LogP contribution in [0.15, 0.2) is 18.2 Å². The van der Waals surface area contributed by atoms with Crippen LogP contribution in [0.5, 0.6) is 11.5 Å². The Kier molecular flexibility index (Phi) is 9.64. The molecular formula is C22H31NO8. The fourth-order valence-electron chi connectivity index (χ4n) is 2.32. The molecule has 1 rings (SSSR count). The maximum Gasteiger partial charge on any atom is 0.323 e. The number of carbonyl (C=O) groups excluding carboxylic acids is 4. The summed E-state index contributed by atoms with van der Waals surface area (Å²) in [5.74, 6) is -2.08. The average molecular weight is 437 g/mol. The standard InChI is InChI=1S/C22H31NO8/c1-7-22(5,6)21(27)29-13(2)12-28-20(26)17(23)10-16-8-9-18(30-14(3)24)19(11-16)31-15(4)25/h8-9,11,13,17H,7,10,12,23H2,1-6H3/t13-,17-/m0/s1. The van der Waals surface area contributed by atoms with Gasteiger partial charge in [0.05, 0.1) is 5.41 Å². The van der Waals surface area contributed by atoms with Crippen LogP contribution in [0, 0.1) is 5.41 Å². The number of esters is 4. The van der Waals surface area contributed by atoms with E-state index in [0.717, 1.165) is 0 Å². The summed E-state index contributed by atoms with van der Waals surface area (Å²) in [5, 5.41) is 0. The first kappa shape index (κ1) is 26.1. The van der Waals surface area contributed by atoms with Gasteiger partial charge in [0, 0.05) is 13.8 Å². The van der Waals surface area contributed by atoms with Gasteiger partial charge in [0.2, 0.25) is 0 Å². The molecule has 0 fully saturated rings. The molecule has 0 unspecified atom stereocenters. The monoisotopic (exact) mass is 437 g/mol. The Hall–Kier alpha value is -2.94. The zero-order valence-electron chi connectivity index (χ0n) is 18.9. The van der Waals surface area contributed by atoms with Crippen LogP contribution in [0.3, 0.4) is 0 Å². The third-order valence-corrected chi connectivity index (χ3v) is 4.48. The molecule has 0 saturated carbocycles. The van der Waals surface area contributed by atoms with Crippen LogP contribution in [-0.4, -0.2) is 42.6 Å². The van der Waals surface area contributed by atoms with Gasteiger partial charge < -0.3 is 24.7 Å². The SMILES string of the molecule is CCC(C)(C)C(=O)O[C@@H](C)COC(=O)[C@@H](N)Cc1ccc(OC(C)=O)c(OC(C)=O)c1. The molecule has 2 N–H and O–H groups in total. The predicted molar refractivity (Wildman–Crippen MR) is 111 cm³/mol. The molecule has 1 aromatic rings. The minimum atomic E-state index is -1.00. The number of hydrogen-bond donors (Lipinski definition) is 1. The highest BCUT2D eigenvalue weighted by atomic mass is 16.6. The highest BCUT2D eigenvalue weighted by Crippen LogP contribution is 2.29. The number of benzene rings is 1. The molecule has 9 heteroatoms. The lowest BCUT2D eigenvalue weighted by Gasteiger charge is -2.23. The zero-order valence-corrected chi connectivity index (χ0v) is 18.9. The minimum Gasteiger partial charge on any atom is -0.461 e. The molecule has 172 valence electrons. The molecular weight excluding hydrogens is 406 g/mol. The van der Waals surface area contributed by atoms with Crippen LogP contribution >= 0.6 is 0 Å². The van der Waals surface area contributed by atoms with E-state index in [1.807, 2.05) is 6.92 Å². The van der Waals surface area contributed by atoms with E-state index in [9.17, 15) is 19.2 Å².